The SMILES string of the molecule is CC[C@H](C)[C@H](N)C(=O)Oc1cccs1. The molecule has 0 unspecified atom stereocenters. The summed E-state index contributed by atoms with van der Waals surface area (Å²) < 4.78 is 5.09. The van der Waals surface area contributed by atoms with Crippen LogP contribution < -0.4 is 10.5 Å². The van der Waals surface area contributed by atoms with E-state index in [2.05, 4.69) is 0 Å². The van der Waals surface area contributed by atoms with Crippen LogP contribution in [0.3, 0.4) is 0 Å². The Labute approximate surface area is 87.9 Å². The minimum atomic E-state index is -0.526. The Kier molecular flexibility index (Phi) is 4.10. The van der Waals surface area contributed by atoms with E-state index in [1.807, 2.05) is 25.3 Å². The lowest BCUT2D eigenvalue weighted by Crippen LogP contribution is -2.39. The van der Waals surface area contributed by atoms with E-state index in [-0.39, 0.29) is 11.9 Å². The quantitative estimate of drug-likeness (QED) is 0.778. The first kappa shape index (κ1) is 11.2. The van der Waals surface area contributed by atoms with Crippen LogP contribution in [-0.4, -0.2) is 12.0 Å². The van der Waals surface area contributed by atoms with E-state index in [4.69, 9.17) is 10.5 Å². The van der Waals surface area contributed by atoms with Crippen LogP contribution in [0, 0.1) is 5.92 Å². The van der Waals surface area contributed by atoms with Gasteiger partial charge in [0, 0.05) is 0 Å². The summed E-state index contributed by atoms with van der Waals surface area (Å²) in [5.41, 5.74) is 5.72. The maximum atomic E-state index is 11.5. The van der Waals surface area contributed by atoms with Crippen molar-refractivity contribution in [3.8, 4) is 5.06 Å². The predicted octanol–water partition coefficient (Wildman–Crippen LogP) is 2.03. The van der Waals surface area contributed by atoms with Crippen molar-refractivity contribution in [3.05, 3.63) is 17.5 Å². The van der Waals surface area contributed by atoms with Crippen molar-refractivity contribution in [3.63, 3.8) is 0 Å². The third-order valence-corrected chi connectivity index (χ3v) is 2.97. The molecule has 0 saturated heterocycles. The molecule has 4 heteroatoms. The van der Waals surface area contributed by atoms with Gasteiger partial charge in [0.15, 0.2) is 5.06 Å². The normalized spacial score (nSPS) is 14.8. The Morgan fingerprint density at radius 3 is 2.93 bits per heavy atom. The average molecular weight is 213 g/mol. The highest BCUT2D eigenvalue weighted by Crippen LogP contribution is 2.19. The zero-order chi connectivity index (χ0) is 10.6. The molecule has 0 spiro atoms. The Balaban J connectivity index is 2.50. The molecule has 0 bridgehead atoms. The summed E-state index contributed by atoms with van der Waals surface area (Å²) >= 11 is 1.39. The molecule has 0 aliphatic rings. The van der Waals surface area contributed by atoms with Gasteiger partial charge in [-0.3, -0.25) is 0 Å². The molecule has 1 aromatic heterocycles. The summed E-state index contributed by atoms with van der Waals surface area (Å²) in [7, 11) is 0. The summed E-state index contributed by atoms with van der Waals surface area (Å²) in [5.74, 6) is -0.190. The van der Waals surface area contributed by atoms with Gasteiger partial charge in [0.25, 0.3) is 0 Å². The van der Waals surface area contributed by atoms with Crippen LogP contribution in [0.2, 0.25) is 0 Å². The van der Waals surface area contributed by atoms with Crippen LogP contribution in [0.1, 0.15) is 20.3 Å². The van der Waals surface area contributed by atoms with Crippen molar-refractivity contribution < 1.29 is 9.53 Å². The number of carbonyl (C=O) groups excluding carboxylic acids is 1. The zero-order valence-electron chi connectivity index (χ0n) is 8.40. The largest absolute Gasteiger partial charge is 0.414 e. The minimum Gasteiger partial charge on any atom is -0.414 e. The van der Waals surface area contributed by atoms with E-state index in [0.29, 0.717) is 5.06 Å². The fourth-order valence-corrected chi connectivity index (χ4v) is 1.55. The van der Waals surface area contributed by atoms with E-state index in [1.165, 1.54) is 11.3 Å². The monoisotopic (exact) mass is 213 g/mol. The zero-order valence-corrected chi connectivity index (χ0v) is 9.21. The third-order valence-electron chi connectivity index (χ3n) is 2.23. The van der Waals surface area contributed by atoms with Gasteiger partial charge in [-0.1, -0.05) is 20.3 Å². The fourth-order valence-electron chi connectivity index (χ4n) is 0.975. The number of esters is 1. The molecular weight excluding hydrogens is 198 g/mol. The smallest absolute Gasteiger partial charge is 0.329 e. The van der Waals surface area contributed by atoms with E-state index >= 15 is 0 Å². The number of nitrogens with two attached hydrogens (primary N) is 1. The van der Waals surface area contributed by atoms with Gasteiger partial charge in [-0.2, -0.15) is 0 Å². The van der Waals surface area contributed by atoms with Gasteiger partial charge in [-0.25, -0.2) is 4.79 Å². The topological polar surface area (TPSA) is 52.3 Å². The summed E-state index contributed by atoms with van der Waals surface area (Å²) in [6.07, 6.45) is 0.876. The van der Waals surface area contributed by atoms with Crippen molar-refractivity contribution in [2.75, 3.05) is 0 Å². The fraction of sp³-hybridized carbons (Fsp3) is 0.500. The second-order valence-corrected chi connectivity index (χ2v) is 4.17. The van der Waals surface area contributed by atoms with Gasteiger partial charge in [-0.15, -0.1) is 11.3 Å². The van der Waals surface area contributed by atoms with Crippen molar-refractivity contribution in [1.82, 2.24) is 0 Å². The number of thiophene rings is 1. The maximum Gasteiger partial charge on any atom is 0.329 e. The lowest BCUT2D eigenvalue weighted by molar-refractivity contribution is -0.136. The van der Waals surface area contributed by atoms with E-state index < -0.39 is 6.04 Å². The molecule has 2 N–H and O–H groups in total. The standard InChI is InChI=1S/C10H15NO2S/c1-3-7(2)9(11)10(12)13-8-5-4-6-14-8/h4-7,9H,3,11H2,1-2H3/t7-,9-/m0/s1. The first-order chi connectivity index (χ1) is 6.65. The molecule has 0 amide bonds. The number of ether oxygens (including phenoxy) is 1. The lowest BCUT2D eigenvalue weighted by Gasteiger charge is -2.15. The van der Waals surface area contributed by atoms with Gasteiger partial charge in [0.2, 0.25) is 0 Å². The van der Waals surface area contributed by atoms with Crippen LogP contribution in [-0.2, 0) is 4.79 Å². The second kappa shape index (κ2) is 5.12. The van der Waals surface area contributed by atoms with Gasteiger partial charge in [0.1, 0.15) is 6.04 Å². The molecule has 14 heavy (non-hydrogen) atoms. The Morgan fingerprint density at radius 2 is 2.43 bits per heavy atom. The molecule has 1 aromatic rings. The van der Waals surface area contributed by atoms with Gasteiger partial charge < -0.3 is 10.5 Å². The van der Waals surface area contributed by atoms with Gasteiger partial charge in [0.05, 0.1) is 0 Å². The molecule has 3 nitrogen and oxygen atoms in total. The average Bonchev–Trinajstić information content (AvgIpc) is 2.68. The van der Waals surface area contributed by atoms with Gasteiger partial charge >= 0.3 is 5.97 Å². The van der Waals surface area contributed by atoms with Crippen LogP contribution in [0.5, 0.6) is 5.06 Å². The van der Waals surface area contributed by atoms with Gasteiger partial charge in [-0.05, 0) is 23.4 Å². The maximum absolute atomic E-state index is 11.5. The van der Waals surface area contributed by atoms with Crippen LogP contribution in [0.25, 0.3) is 0 Å². The third kappa shape index (κ3) is 2.82. The van der Waals surface area contributed by atoms with Crippen LogP contribution in [0.15, 0.2) is 17.5 Å². The highest BCUT2D eigenvalue weighted by atomic mass is 32.1. The van der Waals surface area contributed by atoms with E-state index in [9.17, 15) is 4.79 Å². The number of carbonyl (C=O) groups is 1. The molecule has 0 aromatic carbocycles. The molecule has 0 aliphatic heterocycles. The number of hydrogen-bond donors (Lipinski definition) is 1. The van der Waals surface area contributed by atoms with E-state index in [1.54, 1.807) is 6.07 Å². The molecule has 1 heterocycles. The van der Waals surface area contributed by atoms with Crippen LogP contribution >= 0.6 is 11.3 Å². The summed E-state index contributed by atoms with van der Waals surface area (Å²) in [6, 6.07) is 3.07. The Hall–Kier alpha value is -0.870. The highest BCUT2D eigenvalue weighted by Gasteiger charge is 2.21. The first-order valence-corrected chi connectivity index (χ1v) is 5.54. The summed E-state index contributed by atoms with van der Waals surface area (Å²) in [6.45, 7) is 3.95. The molecule has 78 valence electrons. The van der Waals surface area contributed by atoms with Crippen LogP contribution in [0.4, 0.5) is 0 Å². The van der Waals surface area contributed by atoms with Crippen molar-refractivity contribution in [1.29, 1.82) is 0 Å². The Bertz CT molecular complexity index is 284. The molecule has 0 aliphatic carbocycles. The number of hydrogen-bond acceptors (Lipinski definition) is 4. The van der Waals surface area contributed by atoms with Crippen molar-refractivity contribution in [2.24, 2.45) is 11.7 Å². The Morgan fingerprint density at radius 1 is 1.71 bits per heavy atom. The molecule has 1 rings (SSSR count). The molecular formula is C10H15NO2S. The minimum absolute atomic E-state index is 0.155. The molecule has 0 fully saturated rings. The lowest BCUT2D eigenvalue weighted by atomic mass is 10.0. The molecule has 2 atom stereocenters. The molecule has 0 radical (unpaired) electrons. The summed E-state index contributed by atoms with van der Waals surface area (Å²) in [5, 5.41) is 2.46. The second-order valence-electron chi connectivity index (χ2n) is 3.26. The van der Waals surface area contributed by atoms with Crippen molar-refractivity contribution >= 4 is 17.3 Å². The number of rotatable bonds is 4. The van der Waals surface area contributed by atoms with E-state index in [0.717, 1.165) is 6.42 Å². The first-order valence-electron chi connectivity index (χ1n) is 4.66. The predicted molar refractivity (Wildman–Crippen MR) is 57.4 cm³/mol. The van der Waals surface area contributed by atoms with Crippen molar-refractivity contribution in [2.45, 2.75) is 26.3 Å². The highest BCUT2D eigenvalue weighted by molar-refractivity contribution is 7.11. The molecule has 0 saturated carbocycles. The summed E-state index contributed by atoms with van der Waals surface area (Å²) in [4.78, 5) is 11.5.